The number of halogens is 3. The monoisotopic (exact) mass is 295 g/mol. The molecule has 2 atom stereocenters. The maximum atomic E-state index is 13.3. The highest BCUT2D eigenvalue weighted by Gasteiger charge is 2.28. The van der Waals surface area contributed by atoms with E-state index in [1.54, 1.807) is 0 Å². The third-order valence-electron chi connectivity index (χ3n) is 3.12. The molecule has 0 amide bonds. The van der Waals surface area contributed by atoms with E-state index < -0.39 is 35.4 Å². The van der Waals surface area contributed by atoms with E-state index in [4.69, 9.17) is 10.8 Å². The SMILES string of the molecule is N[C@H](C(=O)O)[C@@H](c1ccc(F)cc1)c1cc(F)cc(F)c1. The highest BCUT2D eigenvalue weighted by molar-refractivity contribution is 5.75. The third-order valence-corrected chi connectivity index (χ3v) is 3.12. The molecular formula is C15H12F3NO2. The summed E-state index contributed by atoms with van der Waals surface area (Å²) in [6, 6.07) is 6.23. The minimum absolute atomic E-state index is 0.0778. The number of benzene rings is 2. The average Bonchev–Trinajstić information content (AvgIpc) is 2.40. The quantitative estimate of drug-likeness (QED) is 0.911. The Labute approximate surface area is 118 Å². The Hall–Kier alpha value is -2.34. The zero-order valence-electron chi connectivity index (χ0n) is 10.8. The van der Waals surface area contributed by atoms with Crippen molar-refractivity contribution in [2.45, 2.75) is 12.0 Å². The molecule has 2 rings (SSSR count). The summed E-state index contributed by atoms with van der Waals surface area (Å²) in [6.45, 7) is 0. The Morgan fingerprint density at radius 3 is 1.90 bits per heavy atom. The lowest BCUT2D eigenvalue weighted by atomic mass is 9.85. The van der Waals surface area contributed by atoms with Gasteiger partial charge in [0.2, 0.25) is 0 Å². The smallest absolute Gasteiger partial charge is 0.321 e. The summed E-state index contributed by atoms with van der Waals surface area (Å²) in [5.41, 5.74) is 6.06. The van der Waals surface area contributed by atoms with Gasteiger partial charge in [-0.15, -0.1) is 0 Å². The van der Waals surface area contributed by atoms with E-state index in [-0.39, 0.29) is 5.56 Å². The van der Waals surface area contributed by atoms with Gasteiger partial charge in [-0.25, -0.2) is 13.2 Å². The zero-order valence-corrected chi connectivity index (χ0v) is 10.8. The van der Waals surface area contributed by atoms with Gasteiger partial charge in [-0.1, -0.05) is 12.1 Å². The Bertz CT molecular complexity index is 638. The number of hydrogen-bond acceptors (Lipinski definition) is 2. The lowest BCUT2D eigenvalue weighted by molar-refractivity contribution is -0.138. The summed E-state index contributed by atoms with van der Waals surface area (Å²) < 4.78 is 39.7. The van der Waals surface area contributed by atoms with E-state index in [1.165, 1.54) is 12.1 Å². The topological polar surface area (TPSA) is 63.3 Å². The molecule has 6 heteroatoms. The van der Waals surface area contributed by atoms with Crippen LogP contribution in [0.5, 0.6) is 0 Å². The highest BCUT2D eigenvalue weighted by atomic mass is 19.1. The zero-order chi connectivity index (χ0) is 15.6. The van der Waals surface area contributed by atoms with Gasteiger partial charge in [-0.05, 0) is 35.4 Å². The van der Waals surface area contributed by atoms with Crippen LogP contribution in [-0.4, -0.2) is 17.1 Å². The van der Waals surface area contributed by atoms with Crippen LogP contribution in [-0.2, 0) is 4.79 Å². The van der Waals surface area contributed by atoms with Crippen molar-refractivity contribution in [2.24, 2.45) is 5.73 Å². The molecule has 2 aromatic rings. The summed E-state index contributed by atoms with van der Waals surface area (Å²) in [6.07, 6.45) is 0. The second-order valence-electron chi connectivity index (χ2n) is 4.60. The van der Waals surface area contributed by atoms with E-state index in [0.717, 1.165) is 24.3 Å². The van der Waals surface area contributed by atoms with Crippen LogP contribution < -0.4 is 5.73 Å². The summed E-state index contributed by atoms with van der Waals surface area (Å²) in [5.74, 6) is -4.50. The van der Waals surface area contributed by atoms with Gasteiger partial charge in [0, 0.05) is 12.0 Å². The first-order valence-corrected chi connectivity index (χ1v) is 6.08. The molecule has 0 heterocycles. The Balaban J connectivity index is 2.55. The Morgan fingerprint density at radius 1 is 0.905 bits per heavy atom. The number of carboxylic acid groups (broad SMARTS) is 1. The van der Waals surface area contributed by atoms with Gasteiger partial charge in [0.25, 0.3) is 0 Å². The van der Waals surface area contributed by atoms with E-state index in [9.17, 15) is 18.0 Å². The third kappa shape index (κ3) is 3.41. The van der Waals surface area contributed by atoms with Crippen LogP contribution in [0.4, 0.5) is 13.2 Å². The van der Waals surface area contributed by atoms with Crippen LogP contribution >= 0.6 is 0 Å². The molecule has 0 aromatic heterocycles. The molecule has 0 aliphatic heterocycles. The first kappa shape index (κ1) is 15.1. The molecule has 2 aromatic carbocycles. The maximum absolute atomic E-state index is 13.3. The first-order valence-electron chi connectivity index (χ1n) is 6.08. The lowest BCUT2D eigenvalue weighted by Crippen LogP contribution is -2.37. The molecule has 0 bridgehead atoms. The minimum atomic E-state index is -1.42. The number of carbonyl (C=O) groups is 1. The van der Waals surface area contributed by atoms with Crippen LogP contribution in [0, 0.1) is 17.5 Å². The van der Waals surface area contributed by atoms with Gasteiger partial charge in [0.05, 0.1) is 0 Å². The summed E-state index contributed by atoms with van der Waals surface area (Å²) in [7, 11) is 0. The van der Waals surface area contributed by atoms with E-state index in [1.807, 2.05) is 0 Å². The first-order chi connectivity index (χ1) is 9.88. The van der Waals surface area contributed by atoms with Crippen molar-refractivity contribution in [2.75, 3.05) is 0 Å². The predicted octanol–water partition coefficient (Wildman–Crippen LogP) is 2.65. The van der Waals surface area contributed by atoms with Crippen LogP contribution in [0.15, 0.2) is 42.5 Å². The molecule has 0 unspecified atom stereocenters. The van der Waals surface area contributed by atoms with E-state index in [2.05, 4.69) is 0 Å². The second kappa shape index (κ2) is 5.97. The van der Waals surface area contributed by atoms with E-state index in [0.29, 0.717) is 11.6 Å². The minimum Gasteiger partial charge on any atom is -0.480 e. The van der Waals surface area contributed by atoms with E-state index >= 15 is 0 Å². The standard InChI is InChI=1S/C15H12F3NO2/c16-10-3-1-8(2-4-10)13(14(19)15(20)21)9-5-11(17)7-12(18)6-9/h1-7,13-14H,19H2,(H,20,21)/t13-,14-/m0/s1. The molecule has 0 radical (unpaired) electrons. The molecule has 0 fully saturated rings. The van der Waals surface area contributed by atoms with Crippen molar-refractivity contribution in [3.63, 3.8) is 0 Å². The largest absolute Gasteiger partial charge is 0.480 e. The van der Waals surface area contributed by atoms with Crippen LogP contribution in [0.3, 0.4) is 0 Å². The molecular weight excluding hydrogens is 283 g/mol. The van der Waals surface area contributed by atoms with Crippen molar-refractivity contribution in [3.05, 3.63) is 71.0 Å². The fourth-order valence-electron chi connectivity index (χ4n) is 2.17. The molecule has 110 valence electrons. The number of aliphatic carboxylic acids is 1. The fourth-order valence-corrected chi connectivity index (χ4v) is 2.17. The van der Waals surface area contributed by atoms with Gasteiger partial charge < -0.3 is 10.8 Å². The van der Waals surface area contributed by atoms with Crippen LogP contribution in [0.2, 0.25) is 0 Å². The predicted molar refractivity (Wildman–Crippen MR) is 70.2 cm³/mol. The molecule has 0 aliphatic carbocycles. The average molecular weight is 295 g/mol. The van der Waals surface area contributed by atoms with Gasteiger partial charge in [-0.3, -0.25) is 4.79 Å². The van der Waals surface area contributed by atoms with Gasteiger partial charge in [0.15, 0.2) is 0 Å². The van der Waals surface area contributed by atoms with Crippen molar-refractivity contribution in [1.82, 2.24) is 0 Å². The van der Waals surface area contributed by atoms with Crippen molar-refractivity contribution in [3.8, 4) is 0 Å². The summed E-state index contributed by atoms with van der Waals surface area (Å²) in [4.78, 5) is 11.1. The molecule has 0 saturated carbocycles. The summed E-state index contributed by atoms with van der Waals surface area (Å²) >= 11 is 0. The number of rotatable bonds is 4. The van der Waals surface area contributed by atoms with Crippen LogP contribution in [0.25, 0.3) is 0 Å². The number of carboxylic acids is 1. The molecule has 0 saturated heterocycles. The normalized spacial score (nSPS) is 13.7. The Kier molecular flexibility index (Phi) is 4.28. The molecule has 0 aliphatic rings. The molecule has 21 heavy (non-hydrogen) atoms. The summed E-state index contributed by atoms with van der Waals surface area (Å²) in [5, 5.41) is 9.08. The number of nitrogens with two attached hydrogens (primary N) is 1. The van der Waals surface area contributed by atoms with Gasteiger partial charge in [-0.2, -0.15) is 0 Å². The second-order valence-corrected chi connectivity index (χ2v) is 4.60. The number of hydrogen-bond donors (Lipinski definition) is 2. The van der Waals surface area contributed by atoms with Crippen molar-refractivity contribution < 1.29 is 23.1 Å². The van der Waals surface area contributed by atoms with Crippen molar-refractivity contribution >= 4 is 5.97 Å². The van der Waals surface area contributed by atoms with Gasteiger partial charge in [0.1, 0.15) is 23.5 Å². The lowest BCUT2D eigenvalue weighted by Gasteiger charge is -2.22. The molecule has 3 nitrogen and oxygen atoms in total. The highest BCUT2D eigenvalue weighted by Crippen LogP contribution is 2.29. The molecule has 3 N–H and O–H groups in total. The van der Waals surface area contributed by atoms with Crippen LogP contribution in [0.1, 0.15) is 17.0 Å². The van der Waals surface area contributed by atoms with Crippen molar-refractivity contribution in [1.29, 1.82) is 0 Å². The Morgan fingerprint density at radius 2 is 1.43 bits per heavy atom. The maximum Gasteiger partial charge on any atom is 0.321 e. The molecule has 0 spiro atoms. The fraction of sp³-hybridized carbons (Fsp3) is 0.133. The van der Waals surface area contributed by atoms with Gasteiger partial charge >= 0.3 is 5.97 Å².